The lowest BCUT2D eigenvalue weighted by Crippen LogP contribution is -2.33. The molecular weight excluding hydrogens is 624 g/mol. The zero-order valence-electron chi connectivity index (χ0n) is 31.2. The molecule has 0 spiro atoms. The fraction of sp³-hybridized carbons (Fsp3) is 0.523. The van der Waals surface area contributed by atoms with Gasteiger partial charge in [-0.2, -0.15) is 0 Å². The van der Waals surface area contributed by atoms with Crippen LogP contribution in [0, 0.1) is 37.5 Å². The molecule has 0 radical (unpaired) electrons. The lowest BCUT2D eigenvalue weighted by atomic mass is 9.74. The highest BCUT2D eigenvalue weighted by Crippen LogP contribution is 2.52. The van der Waals surface area contributed by atoms with E-state index in [4.69, 9.17) is 14.2 Å². The van der Waals surface area contributed by atoms with Crippen molar-refractivity contribution in [2.24, 2.45) is 23.7 Å². The van der Waals surface area contributed by atoms with Gasteiger partial charge in [0.05, 0.1) is 17.4 Å². The number of esters is 3. The second-order valence-corrected chi connectivity index (χ2v) is 15.9. The van der Waals surface area contributed by atoms with Crippen molar-refractivity contribution in [2.75, 3.05) is 0 Å². The summed E-state index contributed by atoms with van der Waals surface area (Å²) in [6, 6.07) is 15.7. The molecular formula is C44H54O6. The molecule has 0 N–H and O–H groups in total. The van der Waals surface area contributed by atoms with Crippen molar-refractivity contribution in [3.63, 3.8) is 0 Å². The fourth-order valence-corrected chi connectivity index (χ4v) is 8.70. The Morgan fingerprint density at radius 3 is 1.56 bits per heavy atom. The van der Waals surface area contributed by atoms with Crippen LogP contribution in [-0.4, -0.2) is 17.9 Å². The van der Waals surface area contributed by atoms with Crippen LogP contribution in [0.25, 0.3) is 0 Å². The van der Waals surface area contributed by atoms with Crippen molar-refractivity contribution in [3.8, 4) is 11.5 Å². The van der Waals surface area contributed by atoms with Crippen molar-refractivity contribution in [1.29, 1.82) is 0 Å². The van der Waals surface area contributed by atoms with E-state index in [0.29, 0.717) is 28.9 Å². The molecule has 4 atom stereocenters. The molecule has 1 aliphatic heterocycles. The van der Waals surface area contributed by atoms with E-state index in [1.165, 1.54) is 0 Å². The number of hydrogen-bond acceptors (Lipinski definition) is 6. The minimum Gasteiger partial charge on any atom is -0.441 e. The first-order chi connectivity index (χ1) is 23.8. The summed E-state index contributed by atoms with van der Waals surface area (Å²) in [5, 5.41) is 0. The van der Waals surface area contributed by atoms with Crippen LogP contribution in [0.4, 0.5) is 0 Å². The number of hydrogen-bond donors (Lipinski definition) is 0. The van der Waals surface area contributed by atoms with E-state index in [1.807, 2.05) is 50.2 Å². The fourth-order valence-electron chi connectivity index (χ4n) is 8.70. The number of fused-ring (bicyclic) bond motifs is 1. The van der Waals surface area contributed by atoms with Crippen molar-refractivity contribution in [2.45, 2.75) is 124 Å². The maximum Gasteiger partial charge on any atom is 0.340 e. The Morgan fingerprint density at radius 1 is 0.680 bits per heavy atom. The molecule has 6 nitrogen and oxygen atoms in total. The molecule has 0 saturated heterocycles. The summed E-state index contributed by atoms with van der Waals surface area (Å²) in [5.41, 5.74) is 5.14. The van der Waals surface area contributed by atoms with Crippen LogP contribution < -0.4 is 9.47 Å². The second-order valence-electron chi connectivity index (χ2n) is 15.9. The summed E-state index contributed by atoms with van der Waals surface area (Å²) >= 11 is 0. The summed E-state index contributed by atoms with van der Waals surface area (Å²) < 4.78 is 19.1. The molecule has 2 aliphatic carbocycles. The van der Waals surface area contributed by atoms with Crippen molar-refractivity contribution in [1.82, 2.24) is 0 Å². The van der Waals surface area contributed by atoms with Crippen molar-refractivity contribution < 1.29 is 28.6 Å². The summed E-state index contributed by atoms with van der Waals surface area (Å²) in [7, 11) is 0. The molecule has 6 rings (SSSR count). The van der Waals surface area contributed by atoms with Crippen molar-refractivity contribution >= 4 is 17.9 Å². The molecule has 50 heavy (non-hydrogen) atoms. The van der Waals surface area contributed by atoms with Crippen LogP contribution in [0.1, 0.15) is 154 Å². The first kappa shape index (κ1) is 35.9. The first-order valence-electron chi connectivity index (χ1n) is 18.9. The van der Waals surface area contributed by atoms with Gasteiger partial charge in [-0.05, 0) is 116 Å². The monoisotopic (exact) mass is 678 g/mol. The van der Waals surface area contributed by atoms with Gasteiger partial charge in [0, 0.05) is 16.7 Å². The normalized spacial score (nSPS) is 25.0. The van der Waals surface area contributed by atoms with E-state index in [-0.39, 0.29) is 41.6 Å². The average Bonchev–Trinajstić information content (AvgIpc) is 3.37. The Hall–Kier alpha value is -3.93. The SMILES string of the molecule is Cc1cc(OC(=O)C2CCCCC2C)c(C(C)C)cc1C1(c2cc(C(C)C)c(OC(=O)C3CCCCC3C)cc2C)OC(=O)c2ccccc21. The number of aryl methyl sites for hydroxylation is 2. The molecule has 0 amide bonds. The molecule has 4 unspecified atom stereocenters. The van der Waals surface area contributed by atoms with Gasteiger partial charge in [-0.15, -0.1) is 0 Å². The minimum absolute atomic E-state index is 0.0293. The van der Waals surface area contributed by atoms with E-state index in [0.717, 1.165) is 90.3 Å². The number of benzene rings is 3. The van der Waals surface area contributed by atoms with Crippen LogP contribution in [0.2, 0.25) is 0 Å². The third kappa shape index (κ3) is 6.51. The van der Waals surface area contributed by atoms with E-state index >= 15 is 0 Å². The molecule has 266 valence electrons. The van der Waals surface area contributed by atoms with E-state index < -0.39 is 5.60 Å². The number of carbonyl (C=O) groups excluding carboxylic acids is 3. The largest absolute Gasteiger partial charge is 0.441 e. The smallest absolute Gasteiger partial charge is 0.340 e. The van der Waals surface area contributed by atoms with Crippen LogP contribution in [0.15, 0.2) is 48.5 Å². The molecule has 3 aromatic carbocycles. The van der Waals surface area contributed by atoms with Gasteiger partial charge in [-0.1, -0.05) is 85.4 Å². The summed E-state index contributed by atoms with van der Waals surface area (Å²) in [6.07, 6.45) is 8.18. The average molecular weight is 679 g/mol. The predicted molar refractivity (Wildman–Crippen MR) is 196 cm³/mol. The number of cyclic esters (lactones) is 1. The van der Waals surface area contributed by atoms with Gasteiger partial charge in [0.25, 0.3) is 0 Å². The third-order valence-electron chi connectivity index (χ3n) is 11.7. The Bertz CT molecular complexity index is 1690. The molecule has 2 saturated carbocycles. The predicted octanol–water partition coefficient (Wildman–Crippen LogP) is 10.5. The number of rotatable bonds is 8. The van der Waals surface area contributed by atoms with Crippen LogP contribution in [-0.2, 0) is 19.9 Å². The van der Waals surface area contributed by atoms with Gasteiger partial charge in [0.1, 0.15) is 11.5 Å². The molecule has 6 heteroatoms. The third-order valence-corrected chi connectivity index (χ3v) is 11.7. The van der Waals surface area contributed by atoms with E-state index in [1.54, 1.807) is 0 Å². The molecule has 3 aromatic rings. The van der Waals surface area contributed by atoms with Gasteiger partial charge in [-0.25, -0.2) is 4.79 Å². The zero-order chi connectivity index (χ0) is 35.9. The first-order valence-corrected chi connectivity index (χ1v) is 18.9. The van der Waals surface area contributed by atoms with Crippen LogP contribution >= 0.6 is 0 Å². The highest BCUT2D eigenvalue weighted by molar-refractivity contribution is 5.96. The standard InChI is InChI=1S/C44H54O6/c1-25(2)34-23-37(29(7)21-39(34)48-41(45)31-17-11-9-15-27(31)5)44(36-20-14-13-19-33(36)43(47)50-44)38-24-35(26(3)4)40(22-30(38)8)49-42(46)32-18-12-10-16-28(32)6/h13-14,19-28,31-32H,9-12,15-18H2,1-8H3. The molecule has 3 aliphatic rings. The Kier molecular flexibility index (Phi) is 10.3. The van der Waals surface area contributed by atoms with E-state index in [9.17, 15) is 14.4 Å². The van der Waals surface area contributed by atoms with E-state index in [2.05, 4.69) is 53.7 Å². The summed E-state index contributed by atoms with van der Waals surface area (Å²) in [4.78, 5) is 40.8. The Balaban J connectivity index is 1.49. The van der Waals surface area contributed by atoms with Crippen LogP contribution in [0.3, 0.4) is 0 Å². The number of ether oxygens (including phenoxy) is 3. The van der Waals surface area contributed by atoms with Crippen molar-refractivity contribution in [3.05, 3.63) is 93.0 Å². The molecule has 2 fully saturated rings. The lowest BCUT2D eigenvalue weighted by molar-refractivity contribution is -0.142. The molecule has 0 bridgehead atoms. The topological polar surface area (TPSA) is 78.9 Å². The highest BCUT2D eigenvalue weighted by Gasteiger charge is 2.51. The van der Waals surface area contributed by atoms with Gasteiger partial charge in [-0.3, -0.25) is 9.59 Å². The second kappa shape index (κ2) is 14.4. The van der Waals surface area contributed by atoms with Gasteiger partial charge in [0.2, 0.25) is 0 Å². The molecule has 1 heterocycles. The Morgan fingerprint density at radius 2 is 1.12 bits per heavy atom. The summed E-state index contributed by atoms with van der Waals surface area (Å²) in [5.74, 6) is 0.848. The van der Waals surface area contributed by atoms with Gasteiger partial charge in [0.15, 0.2) is 5.60 Å². The van der Waals surface area contributed by atoms with Gasteiger partial charge >= 0.3 is 17.9 Å². The maximum atomic E-state index is 13.8. The maximum absolute atomic E-state index is 13.8. The zero-order valence-corrected chi connectivity index (χ0v) is 31.2. The number of carbonyl (C=O) groups is 3. The lowest BCUT2D eigenvalue weighted by Gasteiger charge is -2.35. The quantitative estimate of drug-likeness (QED) is 0.174. The van der Waals surface area contributed by atoms with Crippen LogP contribution in [0.5, 0.6) is 11.5 Å². The minimum atomic E-state index is -1.27. The summed E-state index contributed by atoms with van der Waals surface area (Å²) in [6.45, 7) is 16.7. The van der Waals surface area contributed by atoms with Gasteiger partial charge < -0.3 is 14.2 Å². The highest BCUT2D eigenvalue weighted by atomic mass is 16.6. The Labute approximate surface area is 298 Å². The molecule has 0 aromatic heterocycles.